The van der Waals surface area contributed by atoms with Gasteiger partial charge >= 0.3 is 5.97 Å². The van der Waals surface area contributed by atoms with Crippen LogP contribution in [-0.4, -0.2) is 29.1 Å². The van der Waals surface area contributed by atoms with Crippen LogP contribution in [0, 0.1) is 22.7 Å². The number of hydrogen-bond donors (Lipinski definition) is 1. The van der Waals surface area contributed by atoms with E-state index in [-0.39, 0.29) is 16.7 Å². The van der Waals surface area contributed by atoms with E-state index in [2.05, 4.69) is 49.9 Å². The van der Waals surface area contributed by atoms with Crippen LogP contribution in [0.2, 0.25) is 0 Å². The average molecular weight is 301 g/mol. The van der Waals surface area contributed by atoms with Gasteiger partial charge in [-0.05, 0) is 29.7 Å². The van der Waals surface area contributed by atoms with E-state index >= 15 is 0 Å². The Labute approximate surface area is 133 Å². The fourth-order valence-corrected chi connectivity index (χ4v) is 5.17. The number of nitrogens with zero attached hydrogens (tertiary/aromatic N) is 1. The molecular formula is C19H27NO2. The van der Waals surface area contributed by atoms with Crippen LogP contribution >= 0.6 is 0 Å². The minimum Gasteiger partial charge on any atom is -0.481 e. The molecule has 2 aliphatic rings. The molecule has 3 unspecified atom stereocenters. The minimum atomic E-state index is -0.611. The summed E-state index contributed by atoms with van der Waals surface area (Å²) in [6.45, 7) is 9.30. The van der Waals surface area contributed by atoms with Gasteiger partial charge in [0.05, 0.1) is 5.92 Å². The first-order valence-electron chi connectivity index (χ1n) is 8.31. The van der Waals surface area contributed by atoms with Crippen molar-refractivity contribution in [2.45, 2.75) is 40.2 Å². The van der Waals surface area contributed by atoms with Crippen LogP contribution in [0.3, 0.4) is 0 Å². The summed E-state index contributed by atoms with van der Waals surface area (Å²) in [4.78, 5) is 14.2. The van der Waals surface area contributed by atoms with Crippen molar-refractivity contribution < 1.29 is 9.90 Å². The molecule has 0 aromatic heterocycles. The van der Waals surface area contributed by atoms with E-state index < -0.39 is 5.97 Å². The summed E-state index contributed by atoms with van der Waals surface area (Å²) in [6.07, 6.45) is 2.17. The standard InChI is InChI=1S/C19H27NO2/c1-14-9-18(2,3)12-19(14)13-20(11-16(19)17(21)22)10-15-7-5-4-6-8-15/h4-8,14,16H,9-13H2,1-3H3,(H,21,22). The second-order valence-corrected chi connectivity index (χ2v) is 8.23. The van der Waals surface area contributed by atoms with Crippen molar-refractivity contribution in [3.05, 3.63) is 35.9 Å². The van der Waals surface area contributed by atoms with E-state index in [4.69, 9.17) is 0 Å². The Morgan fingerprint density at radius 2 is 2.00 bits per heavy atom. The number of carboxylic acid groups (broad SMARTS) is 1. The van der Waals surface area contributed by atoms with Crippen LogP contribution in [0.25, 0.3) is 0 Å². The van der Waals surface area contributed by atoms with Crippen molar-refractivity contribution in [3.8, 4) is 0 Å². The first-order chi connectivity index (χ1) is 10.3. The van der Waals surface area contributed by atoms with Crippen molar-refractivity contribution in [2.24, 2.45) is 22.7 Å². The predicted octanol–water partition coefficient (Wildman–Crippen LogP) is 3.65. The summed E-state index contributed by atoms with van der Waals surface area (Å²) in [5.74, 6) is -0.363. The number of hydrogen-bond acceptors (Lipinski definition) is 2. The molecule has 3 nitrogen and oxygen atoms in total. The van der Waals surface area contributed by atoms with Crippen LogP contribution in [0.15, 0.2) is 30.3 Å². The third kappa shape index (κ3) is 2.67. The quantitative estimate of drug-likeness (QED) is 0.926. The van der Waals surface area contributed by atoms with Gasteiger partial charge in [0.25, 0.3) is 0 Å². The third-order valence-corrected chi connectivity index (χ3v) is 5.85. The molecule has 120 valence electrons. The zero-order valence-corrected chi connectivity index (χ0v) is 13.9. The molecule has 3 atom stereocenters. The normalized spacial score (nSPS) is 34.3. The summed E-state index contributed by atoms with van der Waals surface area (Å²) < 4.78 is 0. The molecular weight excluding hydrogens is 274 g/mol. The largest absolute Gasteiger partial charge is 0.481 e. The van der Waals surface area contributed by atoms with Crippen molar-refractivity contribution in [2.75, 3.05) is 13.1 Å². The monoisotopic (exact) mass is 301 g/mol. The van der Waals surface area contributed by atoms with Gasteiger partial charge in [0.2, 0.25) is 0 Å². The zero-order chi connectivity index (χ0) is 16.0. The molecule has 0 amide bonds. The smallest absolute Gasteiger partial charge is 0.308 e. The molecule has 3 rings (SSSR count). The predicted molar refractivity (Wildman–Crippen MR) is 87.5 cm³/mol. The summed E-state index contributed by atoms with van der Waals surface area (Å²) in [5, 5.41) is 9.78. The average Bonchev–Trinajstić information content (AvgIpc) is 2.88. The van der Waals surface area contributed by atoms with Gasteiger partial charge < -0.3 is 5.11 Å². The Bertz CT molecular complexity index is 554. The molecule has 3 heteroatoms. The fraction of sp³-hybridized carbons (Fsp3) is 0.632. The molecule has 1 saturated heterocycles. The van der Waals surface area contributed by atoms with E-state index in [1.807, 2.05) is 6.07 Å². The van der Waals surface area contributed by atoms with Crippen molar-refractivity contribution in [3.63, 3.8) is 0 Å². The van der Waals surface area contributed by atoms with Crippen molar-refractivity contribution in [1.29, 1.82) is 0 Å². The Morgan fingerprint density at radius 3 is 2.55 bits per heavy atom. The molecule has 1 aromatic rings. The molecule has 1 aromatic carbocycles. The lowest BCUT2D eigenvalue weighted by molar-refractivity contribution is -0.145. The van der Waals surface area contributed by atoms with Gasteiger partial charge in [0.15, 0.2) is 0 Å². The number of carbonyl (C=O) groups is 1. The van der Waals surface area contributed by atoms with Gasteiger partial charge in [-0.1, -0.05) is 51.1 Å². The molecule has 0 radical (unpaired) electrons. The van der Waals surface area contributed by atoms with Gasteiger partial charge in [0.1, 0.15) is 0 Å². The highest BCUT2D eigenvalue weighted by Crippen LogP contribution is 2.59. The molecule has 2 fully saturated rings. The van der Waals surface area contributed by atoms with E-state index in [0.29, 0.717) is 12.5 Å². The Hall–Kier alpha value is -1.35. The molecule has 1 spiro atoms. The minimum absolute atomic E-state index is 0.0515. The summed E-state index contributed by atoms with van der Waals surface area (Å²) in [6, 6.07) is 10.4. The highest BCUT2D eigenvalue weighted by molar-refractivity contribution is 5.72. The molecule has 1 saturated carbocycles. The lowest BCUT2D eigenvalue weighted by atomic mass is 9.70. The van der Waals surface area contributed by atoms with Crippen molar-refractivity contribution >= 4 is 5.97 Å². The molecule has 1 N–H and O–H groups in total. The summed E-state index contributed by atoms with van der Waals surface area (Å²) >= 11 is 0. The van der Waals surface area contributed by atoms with Gasteiger partial charge in [-0.2, -0.15) is 0 Å². The number of carboxylic acids is 1. The number of benzene rings is 1. The maximum atomic E-state index is 11.9. The van der Waals surface area contributed by atoms with E-state index in [1.54, 1.807) is 0 Å². The van der Waals surface area contributed by atoms with Crippen LogP contribution in [0.5, 0.6) is 0 Å². The van der Waals surface area contributed by atoms with Gasteiger partial charge in [-0.3, -0.25) is 9.69 Å². The highest BCUT2D eigenvalue weighted by atomic mass is 16.4. The van der Waals surface area contributed by atoms with Gasteiger partial charge in [0, 0.05) is 25.0 Å². The van der Waals surface area contributed by atoms with Crippen LogP contribution in [0.1, 0.15) is 39.2 Å². The first-order valence-corrected chi connectivity index (χ1v) is 8.31. The van der Waals surface area contributed by atoms with E-state index in [0.717, 1.165) is 25.9 Å². The maximum absolute atomic E-state index is 11.9. The topological polar surface area (TPSA) is 40.5 Å². The van der Waals surface area contributed by atoms with Crippen LogP contribution in [0.4, 0.5) is 0 Å². The molecule has 0 bridgehead atoms. The molecule has 22 heavy (non-hydrogen) atoms. The maximum Gasteiger partial charge on any atom is 0.308 e. The number of aliphatic carboxylic acids is 1. The van der Waals surface area contributed by atoms with E-state index in [9.17, 15) is 9.90 Å². The van der Waals surface area contributed by atoms with E-state index in [1.165, 1.54) is 5.56 Å². The summed E-state index contributed by atoms with van der Waals surface area (Å²) in [7, 11) is 0. The Morgan fingerprint density at radius 1 is 1.32 bits per heavy atom. The fourth-order valence-electron chi connectivity index (χ4n) is 5.17. The summed E-state index contributed by atoms with van der Waals surface area (Å²) in [5.41, 5.74) is 1.48. The lowest BCUT2D eigenvalue weighted by Crippen LogP contribution is -2.37. The first kappa shape index (κ1) is 15.5. The second kappa shape index (κ2) is 5.38. The van der Waals surface area contributed by atoms with Gasteiger partial charge in [-0.25, -0.2) is 0 Å². The number of rotatable bonds is 3. The van der Waals surface area contributed by atoms with Crippen molar-refractivity contribution in [1.82, 2.24) is 4.90 Å². The Kier molecular flexibility index (Phi) is 3.80. The Balaban J connectivity index is 1.83. The molecule has 1 heterocycles. The number of likely N-dealkylation sites (tertiary alicyclic amines) is 1. The zero-order valence-electron chi connectivity index (χ0n) is 13.9. The SMILES string of the molecule is CC1CC(C)(C)CC12CN(Cc1ccccc1)CC2C(=O)O. The highest BCUT2D eigenvalue weighted by Gasteiger charge is 2.59. The third-order valence-electron chi connectivity index (χ3n) is 5.85. The lowest BCUT2D eigenvalue weighted by Gasteiger charge is -2.33. The van der Waals surface area contributed by atoms with Crippen LogP contribution in [-0.2, 0) is 11.3 Å². The molecule has 1 aliphatic heterocycles. The van der Waals surface area contributed by atoms with Gasteiger partial charge in [-0.15, -0.1) is 0 Å². The second-order valence-electron chi connectivity index (χ2n) is 8.23. The molecule has 1 aliphatic carbocycles. The van der Waals surface area contributed by atoms with Crippen LogP contribution < -0.4 is 0 Å².